The standard InChI is InChI=1S/C9H6BrClN2S2/c10-7-2-1-6(8(11)3-7)4-14-9-13-12-5-15-9/h1-3,5H,4H2. The Hall–Kier alpha value is -0.100. The van der Waals surface area contributed by atoms with Crippen LogP contribution < -0.4 is 0 Å². The number of hydrogen-bond donors (Lipinski definition) is 0. The highest BCUT2D eigenvalue weighted by Gasteiger charge is 2.03. The molecule has 2 rings (SSSR count). The molecule has 0 aliphatic heterocycles. The molecule has 0 N–H and O–H groups in total. The third-order valence-electron chi connectivity index (χ3n) is 1.71. The molecule has 0 aliphatic carbocycles. The predicted molar refractivity (Wildman–Crippen MR) is 68.6 cm³/mol. The Balaban J connectivity index is 2.05. The second-order valence-corrected chi connectivity index (χ2v) is 6.11. The Morgan fingerprint density at radius 3 is 3.00 bits per heavy atom. The third kappa shape index (κ3) is 3.17. The van der Waals surface area contributed by atoms with E-state index in [1.807, 2.05) is 18.2 Å². The monoisotopic (exact) mass is 320 g/mol. The number of thioether (sulfide) groups is 1. The Kier molecular flexibility index (Phi) is 4.02. The van der Waals surface area contributed by atoms with Crippen LogP contribution >= 0.6 is 50.6 Å². The van der Waals surface area contributed by atoms with Gasteiger partial charge in [0.2, 0.25) is 0 Å². The highest BCUT2D eigenvalue weighted by atomic mass is 79.9. The van der Waals surface area contributed by atoms with Crippen molar-refractivity contribution in [2.24, 2.45) is 0 Å². The Morgan fingerprint density at radius 1 is 1.47 bits per heavy atom. The fourth-order valence-electron chi connectivity index (χ4n) is 1.00. The molecule has 0 bridgehead atoms. The number of rotatable bonds is 3. The number of aromatic nitrogens is 2. The van der Waals surface area contributed by atoms with Crippen LogP contribution in [-0.4, -0.2) is 10.2 Å². The lowest BCUT2D eigenvalue weighted by molar-refractivity contribution is 1.01. The van der Waals surface area contributed by atoms with Crippen molar-refractivity contribution in [3.05, 3.63) is 38.8 Å². The summed E-state index contributed by atoms with van der Waals surface area (Å²) in [5.41, 5.74) is 2.84. The van der Waals surface area contributed by atoms with Crippen molar-refractivity contribution in [2.75, 3.05) is 0 Å². The summed E-state index contributed by atoms with van der Waals surface area (Å²) in [5.74, 6) is 0.821. The molecule has 0 unspecified atom stereocenters. The molecule has 1 aromatic carbocycles. The summed E-state index contributed by atoms with van der Waals surface area (Å²) in [4.78, 5) is 0. The molecule has 0 fully saturated rings. The van der Waals surface area contributed by atoms with E-state index in [1.165, 1.54) is 11.3 Å². The zero-order valence-electron chi connectivity index (χ0n) is 7.48. The third-order valence-corrected chi connectivity index (χ3v) is 4.46. The first kappa shape index (κ1) is 11.4. The fraction of sp³-hybridized carbons (Fsp3) is 0.111. The maximum atomic E-state index is 6.09. The van der Waals surface area contributed by atoms with Crippen LogP contribution in [0, 0.1) is 0 Å². The maximum absolute atomic E-state index is 6.09. The van der Waals surface area contributed by atoms with Crippen LogP contribution in [0.4, 0.5) is 0 Å². The smallest absolute Gasteiger partial charge is 0.146 e. The molecular formula is C9H6BrClN2S2. The van der Waals surface area contributed by atoms with Gasteiger partial charge >= 0.3 is 0 Å². The van der Waals surface area contributed by atoms with Gasteiger partial charge in [0.25, 0.3) is 0 Å². The SMILES string of the molecule is Clc1cc(Br)ccc1CSc1nncs1. The summed E-state index contributed by atoms with van der Waals surface area (Å²) in [5, 5.41) is 8.51. The molecule has 15 heavy (non-hydrogen) atoms. The van der Waals surface area contributed by atoms with Gasteiger partial charge in [-0.3, -0.25) is 0 Å². The van der Waals surface area contributed by atoms with Crippen LogP contribution in [-0.2, 0) is 5.75 Å². The molecule has 78 valence electrons. The average Bonchev–Trinajstić information content (AvgIpc) is 2.69. The molecule has 0 atom stereocenters. The van der Waals surface area contributed by atoms with Gasteiger partial charge in [0.1, 0.15) is 5.51 Å². The van der Waals surface area contributed by atoms with E-state index in [2.05, 4.69) is 26.1 Å². The molecule has 0 spiro atoms. The first-order chi connectivity index (χ1) is 7.25. The second kappa shape index (κ2) is 5.30. The van der Waals surface area contributed by atoms with E-state index in [1.54, 1.807) is 17.3 Å². The van der Waals surface area contributed by atoms with Crippen molar-refractivity contribution in [2.45, 2.75) is 10.1 Å². The van der Waals surface area contributed by atoms with Crippen LogP contribution in [0.15, 0.2) is 32.5 Å². The van der Waals surface area contributed by atoms with E-state index in [0.29, 0.717) is 0 Å². The molecule has 0 saturated carbocycles. The van der Waals surface area contributed by atoms with E-state index in [-0.39, 0.29) is 0 Å². The van der Waals surface area contributed by atoms with Crippen molar-refractivity contribution >= 4 is 50.6 Å². The molecule has 1 heterocycles. The van der Waals surface area contributed by atoms with Crippen molar-refractivity contribution in [3.8, 4) is 0 Å². The number of benzene rings is 1. The summed E-state index contributed by atoms with van der Waals surface area (Å²) < 4.78 is 1.96. The van der Waals surface area contributed by atoms with Gasteiger partial charge in [-0.15, -0.1) is 10.2 Å². The van der Waals surface area contributed by atoms with Crippen LogP contribution in [0.3, 0.4) is 0 Å². The van der Waals surface area contributed by atoms with Gasteiger partial charge in [0, 0.05) is 15.2 Å². The first-order valence-corrected chi connectivity index (χ1v) is 7.12. The van der Waals surface area contributed by atoms with Gasteiger partial charge in [-0.25, -0.2) is 0 Å². The molecular weight excluding hydrogens is 316 g/mol. The number of nitrogens with zero attached hydrogens (tertiary/aromatic N) is 2. The summed E-state index contributed by atoms with van der Waals surface area (Å²) in [6, 6.07) is 5.90. The highest BCUT2D eigenvalue weighted by Crippen LogP contribution is 2.28. The molecule has 2 aromatic rings. The lowest BCUT2D eigenvalue weighted by atomic mass is 10.2. The Labute approximate surface area is 109 Å². The fourth-order valence-corrected chi connectivity index (χ4v) is 3.32. The van der Waals surface area contributed by atoms with Crippen molar-refractivity contribution in [1.82, 2.24) is 10.2 Å². The number of halogens is 2. The lowest BCUT2D eigenvalue weighted by Gasteiger charge is -2.02. The van der Waals surface area contributed by atoms with Crippen LogP contribution in [0.2, 0.25) is 5.02 Å². The summed E-state index contributed by atoms with van der Waals surface area (Å²) in [6.07, 6.45) is 0. The molecule has 0 radical (unpaired) electrons. The molecule has 2 nitrogen and oxygen atoms in total. The van der Waals surface area contributed by atoms with Crippen LogP contribution in [0.25, 0.3) is 0 Å². The minimum atomic E-state index is 0.779. The quantitative estimate of drug-likeness (QED) is 0.791. The van der Waals surface area contributed by atoms with Crippen LogP contribution in [0.5, 0.6) is 0 Å². The Morgan fingerprint density at radius 2 is 2.33 bits per heavy atom. The molecule has 1 aromatic heterocycles. The van der Waals surface area contributed by atoms with Gasteiger partial charge in [-0.1, -0.05) is 56.7 Å². The normalized spacial score (nSPS) is 10.5. The Bertz CT molecular complexity index is 447. The zero-order valence-corrected chi connectivity index (χ0v) is 11.5. The van der Waals surface area contributed by atoms with E-state index in [4.69, 9.17) is 11.6 Å². The summed E-state index contributed by atoms with van der Waals surface area (Å²) >= 11 is 12.7. The average molecular weight is 322 g/mol. The number of hydrogen-bond acceptors (Lipinski definition) is 4. The van der Waals surface area contributed by atoms with Crippen molar-refractivity contribution in [3.63, 3.8) is 0 Å². The molecule has 6 heteroatoms. The minimum absolute atomic E-state index is 0.779. The van der Waals surface area contributed by atoms with Crippen LogP contribution in [0.1, 0.15) is 5.56 Å². The van der Waals surface area contributed by atoms with Gasteiger partial charge in [-0.2, -0.15) is 0 Å². The van der Waals surface area contributed by atoms with Gasteiger partial charge in [-0.05, 0) is 17.7 Å². The van der Waals surface area contributed by atoms with Gasteiger partial charge in [0.05, 0.1) is 0 Å². The summed E-state index contributed by atoms with van der Waals surface area (Å²) in [6.45, 7) is 0. The van der Waals surface area contributed by atoms with Gasteiger partial charge in [0.15, 0.2) is 4.34 Å². The highest BCUT2D eigenvalue weighted by molar-refractivity contribution is 9.10. The molecule has 0 aliphatic rings. The van der Waals surface area contributed by atoms with Gasteiger partial charge < -0.3 is 0 Å². The largest absolute Gasteiger partial charge is 0.174 e. The first-order valence-electron chi connectivity index (χ1n) is 4.08. The maximum Gasteiger partial charge on any atom is 0.174 e. The second-order valence-electron chi connectivity index (χ2n) is 2.73. The topological polar surface area (TPSA) is 25.8 Å². The van der Waals surface area contributed by atoms with E-state index < -0.39 is 0 Å². The summed E-state index contributed by atoms with van der Waals surface area (Å²) in [7, 11) is 0. The predicted octanol–water partition coefficient (Wildman–Crippen LogP) is 4.25. The van der Waals surface area contributed by atoms with Crippen molar-refractivity contribution in [1.29, 1.82) is 0 Å². The van der Waals surface area contributed by atoms with Crippen molar-refractivity contribution < 1.29 is 0 Å². The van der Waals surface area contributed by atoms with E-state index in [9.17, 15) is 0 Å². The lowest BCUT2D eigenvalue weighted by Crippen LogP contribution is -1.82. The van der Waals surface area contributed by atoms with E-state index in [0.717, 1.165) is 25.2 Å². The molecule has 0 saturated heterocycles. The zero-order chi connectivity index (χ0) is 10.7. The van der Waals surface area contributed by atoms with E-state index >= 15 is 0 Å². The minimum Gasteiger partial charge on any atom is -0.146 e. The molecule has 0 amide bonds.